The zero-order valence-corrected chi connectivity index (χ0v) is 22.4. The first-order chi connectivity index (χ1) is 9.56. The van der Waals surface area contributed by atoms with Crippen LogP contribution in [0.5, 0.6) is 0 Å². The monoisotopic (exact) mass is 382 g/mol. The van der Waals surface area contributed by atoms with Crippen LogP contribution in [0.15, 0.2) is 0 Å². The van der Waals surface area contributed by atoms with Crippen molar-refractivity contribution in [1.29, 1.82) is 0 Å². The van der Waals surface area contributed by atoms with Crippen molar-refractivity contribution < 1.29 is 117 Å². The molecule has 0 rings (SSSR count). The zero-order chi connectivity index (χ0) is 15.1. The van der Waals surface area contributed by atoms with Gasteiger partial charge in [-0.2, -0.15) is 0 Å². The smallest absolute Gasteiger partial charge is 0.811 e. The van der Waals surface area contributed by atoms with Crippen LogP contribution in [-0.4, -0.2) is 6.16 Å². The molecule has 0 amide bonds. The Morgan fingerprint density at radius 1 is 0.591 bits per heavy atom. The second kappa shape index (κ2) is 22.5. The first kappa shape index (κ1) is 30.2. The molecular weight excluding hydrogens is 349 g/mol. The molecule has 0 atom stereocenters. The second-order valence-electron chi connectivity index (χ2n) is 5.93. The quantitative estimate of drug-likeness (QED) is 0.194. The molecule has 0 aromatic carbocycles. The van der Waals surface area contributed by atoms with E-state index in [0.717, 1.165) is 12.8 Å². The molecule has 22 heavy (non-hydrogen) atoms. The third kappa shape index (κ3) is 28.2. The van der Waals surface area contributed by atoms with Gasteiger partial charge in [0.2, 0.25) is 0 Å². The van der Waals surface area contributed by atoms with Crippen LogP contribution in [0.1, 0.15) is 96.8 Å². The molecule has 0 unspecified atom stereocenters. The summed E-state index contributed by atoms with van der Waals surface area (Å²) in [5, 5.41) is 0. The Bertz CT molecular complexity index is 248. The van der Waals surface area contributed by atoms with Gasteiger partial charge in [0, 0.05) is 0 Å². The average Bonchev–Trinajstić information content (AvgIpc) is 2.38. The van der Waals surface area contributed by atoms with E-state index in [9.17, 15) is 14.4 Å². The summed E-state index contributed by atoms with van der Waals surface area (Å²) < 4.78 is 10.4. The Labute approximate surface area is 223 Å². The predicted octanol–water partition coefficient (Wildman–Crippen LogP) is -1.61. The summed E-state index contributed by atoms with van der Waals surface area (Å²) >= 11 is 0. The van der Waals surface area contributed by atoms with Crippen molar-refractivity contribution in [2.45, 2.75) is 96.8 Å². The van der Waals surface area contributed by atoms with Gasteiger partial charge in [-0.3, -0.25) is 0 Å². The van der Waals surface area contributed by atoms with Gasteiger partial charge in [0.05, 0.1) is 0 Å². The molecule has 0 aromatic heterocycles. The molecule has 122 valence electrons. The molecule has 0 aliphatic rings. The predicted molar refractivity (Wildman–Crippen MR) is 82.8 cm³/mol. The van der Waals surface area contributed by atoms with Gasteiger partial charge in [-0.25, -0.2) is 0 Å². The molecule has 0 radical (unpaired) electrons. The maximum atomic E-state index is 10.4. The summed E-state index contributed by atoms with van der Waals surface area (Å²) in [4.78, 5) is 20.8. The summed E-state index contributed by atoms with van der Waals surface area (Å²) in [6.07, 6.45) is 17.0. The van der Waals surface area contributed by atoms with E-state index in [1.807, 2.05) is 0 Å². The molecular formula is C16H33K2O3P. The zero-order valence-electron chi connectivity index (χ0n) is 15.3. The summed E-state index contributed by atoms with van der Waals surface area (Å²) in [5.74, 6) is 0. The van der Waals surface area contributed by atoms with E-state index in [0.29, 0.717) is 6.42 Å². The van der Waals surface area contributed by atoms with Crippen molar-refractivity contribution in [2.24, 2.45) is 0 Å². The Balaban J connectivity index is -0.00000180. The van der Waals surface area contributed by atoms with Gasteiger partial charge >= 0.3 is 103 Å². The van der Waals surface area contributed by atoms with E-state index in [1.54, 1.807) is 0 Å². The van der Waals surface area contributed by atoms with Crippen molar-refractivity contribution in [1.82, 2.24) is 0 Å². The molecule has 0 saturated carbocycles. The molecule has 0 aliphatic carbocycles. The maximum absolute atomic E-state index is 10.4. The van der Waals surface area contributed by atoms with Gasteiger partial charge < -0.3 is 14.4 Å². The van der Waals surface area contributed by atoms with Gasteiger partial charge in [-0.1, -0.05) is 98.0 Å². The molecule has 0 bridgehead atoms. The van der Waals surface area contributed by atoms with E-state index in [4.69, 9.17) is 0 Å². The molecule has 0 fully saturated rings. The van der Waals surface area contributed by atoms with Crippen LogP contribution in [0.4, 0.5) is 0 Å². The van der Waals surface area contributed by atoms with Crippen molar-refractivity contribution in [3.05, 3.63) is 0 Å². The Kier molecular flexibility index (Phi) is 30.8. The van der Waals surface area contributed by atoms with Crippen molar-refractivity contribution in [3.63, 3.8) is 0 Å². The number of hydrogen-bond donors (Lipinski definition) is 0. The van der Waals surface area contributed by atoms with Crippen molar-refractivity contribution in [2.75, 3.05) is 6.16 Å². The molecule has 0 aromatic rings. The van der Waals surface area contributed by atoms with Crippen LogP contribution in [0.2, 0.25) is 0 Å². The molecule has 0 spiro atoms. The largest absolute Gasteiger partial charge is 1.00 e. The van der Waals surface area contributed by atoms with Crippen LogP contribution in [-0.2, 0) is 4.57 Å². The molecule has 0 saturated heterocycles. The molecule has 0 heterocycles. The fourth-order valence-electron chi connectivity index (χ4n) is 2.50. The van der Waals surface area contributed by atoms with Crippen LogP contribution in [0, 0.1) is 0 Å². The third-order valence-corrected chi connectivity index (χ3v) is 4.65. The molecule has 0 N–H and O–H groups in total. The Hall–Kier alpha value is 3.42. The molecule has 3 nitrogen and oxygen atoms in total. The van der Waals surface area contributed by atoms with Crippen molar-refractivity contribution in [3.8, 4) is 0 Å². The van der Waals surface area contributed by atoms with Gasteiger partial charge in [0.15, 0.2) is 0 Å². The Morgan fingerprint density at radius 2 is 0.864 bits per heavy atom. The fourth-order valence-corrected chi connectivity index (χ4v) is 3.11. The minimum absolute atomic E-state index is 0. The average molecular weight is 383 g/mol. The number of unbranched alkanes of at least 4 members (excludes halogenated alkanes) is 13. The fraction of sp³-hybridized carbons (Fsp3) is 1.00. The summed E-state index contributed by atoms with van der Waals surface area (Å²) in [7, 11) is -4.25. The van der Waals surface area contributed by atoms with E-state index in [1.165, 1.54) is 70.6 Å². The van der Waals surface area contributed by atoms with Crippen LogP contribution < -0.4 is 113 Å². The first-order valence-corrected chi connectivity index (χ1v) is 10.3. The summed E-state index contributed by atoms with van der Waals surface area (Å²) in [6, 6.07) is 0. The van der Waals surface area contributed by atoms with Gasteiger partial charge in [-0.15, -0.1) is 0 Å². The summed E-state index contributed by atoms with van der Waals surface area (Å²) in [5.41, 5.74) is 0. The minimum atomic E-state index is -4.25. The molecule has 6 heteroatoms. The normalized spacial score (nSPS) is 10.9. The van der Waals surface area contributed by atoms with Crippen LogP contribution >= 0.6 is 7.60 Å². The summed E-state index contributed by atoms with van der Waals surface area (Å²) in [6.45, 7) is 2.25. The van der Waals surface area contributed by atoms with Crippen LogP contribution in [0.3, 0.4) is 0 Å². The SMILES string of the molecule is CCCCCCCCCCCCCCCCP(=O)([O-])[O-].[K+].[K+]. The standard InChI is InChI=1S/C16H35O3P.2K/c1-2-3-4-5-6-7-8-9-10-11-12-13-14-15-16-20(17,18)19;;/h2-16H2,1H3,(H2,17,18,19);;/q;2*+1/p-2. The third-order valence-electron chi connectivity index (χ3n) is 3.79. The number of hydrogen-bond acceptors (Lipinski definition) is 3. The molecule has 0 aliphatic heterocycles. The first-order valence-electron chi connectivity index (χ1n) is 8.57. The maximum Gasteiger partial charge on any atom is 1.00 e. The van der Waals surface area contributed by atoms with E-state index in [2.05, 4.69) is 6.92 Å². The second-order valence-corrected chi connectivity index (χ2v) is 7.60. The van der Waals surface area contributed by atoms with Gasteiger partial charge in [0.1, 0.15) is 0 Å². The minimum Gasteiger partial charge on any atom is -0.811 e. The van der Waals surface area contributed by atoms with E-state index in [-0.39, 0.29) is 109 Å². The van der Waals surface area contributed by atoms with Crippen LogP contribution in [0.25, 0.3) is 0 Å². The topological polar surface area (TPSA) is 63.2 Å². The van der Waals surface area contributed by atoms with Gasteiger partial charge in [-0.05, 0) is 12.6 Å². The van der Waals surface area contributed by atoms with Gasteiger partial charge in [0.25, 0.3) is 0 Å². The van der Waals surface area contributed by atoms with E-state index < -0.39 is 7.60 Å². The van der Waals surface area contributed by atoms with Crippen molar-refractivity contribution >= 4 is 7.60 Å². The number of rotatable bonds is 15. The van der Waals surface area contributed by atoms with E-state index >= 15 is 0 Å². The Morgan fingerprint density at radius 3 is 1.14 bits per heavy atom.